The van der Waals surface area contributed by atoms with Crippen LogP contribution in [0.3, 0.4) is 0 Å². The maximum absolute atomic E-state index is 10.6. The number of hydrogen-bond acceptors (Lipinski definition) is 3. The van der Waals surface area contributed by atoms with E-state index in [2.05, 4.69) is 0 Å². The number of hydrogen-bond donors (Lipinski definition) is 2. The molecule has 0 spiro atoms. The Labute approximate surface area is 88.0 Å². The van der Waals surface area contributed by atoms with Crippen LogP contribution in [0.15, 0.2) is 48.2 Å². The molecule has 2 N–H and O–H groups in total. The third-order valence-electron chi connectivity index (χ3n) is 1.71. The second kappa shape index (κ2) is 5.00. The summed E-state index contributed by atoms with van der Waals surface area (Å²) in [5, 5.41) is 18.8. The van der Waals surface area contributed by atoms with Crippen LogP contribution in [0.5, 0.6) is 0 Å². The van der Waals surface area contributed by atoms with E-state index >= 15 is 0 Å². The van der Waals surface area contributed by atoms with Crippen LogP contribution in [0.2, 0.25) is 0 Å². The second-order valence-corrected chi connectivity index (χ2v) is 3.08. The highest BCUT2D eigenvalue weighted by Gasteiger charge is 1.99. The van der Waals surface area contributed by atoms with E-state index in [1.807, 2.05) is 6.07 Å². The lowest BCUT2D eigenvalue weighted by Gasteiger charge is -1.98. The molecule has 0 aliphatic heterocycles. The molecule has 0 aromatic heterocycles. The maximum Gasteiger partial charge on any atom is 0.156 e. The molecule has 0 saturated heterocycles. The molecule has 0 radical (unpaired) electrons. The lowest BCUT2D eigenvalue weighted by atomic mass is 10.1. The van der Waals surface area contributed by atoms with Crippen LogP contribution in [0.25, 0.3) is 5.76 Å². The van der Waals surface area contributed by atoms with E-state index in [0.29, 0.717) is 5.56 Å². The van der Waals surface area contributed by atoms with Crippen molar-refractivity contribution in [2.45, 2.75) is 6.92 Å². The average molecular weight is 204 g/mol. The largest absolute Gasteiger partial charge is 0.508 e. The van der Waals surface area contributed by atoms with Crippen LogP contribution in [0, 0.1) is 0 Å². The first kappa shape index (κ1) is 11.0. The Kier molecular flexibility index (Phi) is 3.68. The molecule has 1 aromatic rings. The van der Waals surface area contributed by atoms with Gasteiger partial charge in [0.2, 0.25) is 0 Å². The minimum Gasteiger partial charge on any atom is -0.508 e. The molecule has 15 heavy (non-hydrogen) atoms. The zero-order valence-corrected chi connectivity index (χ0v) is 8.34. The SMILES string of the molecule is CC(=O)C=C(O)/C=C(\O)c1ccccc1. The van der Waals surface area contributed by atoms with Gasteiger partial charge in [0.25, 0.3) is 0 Å². The molecule has 0 aliphatic rings. The summed E-state index contributed by atoms with van der Waals surface area (Å²) >= 11 is 0. The summed E-state index contributed by atoms with van der Waals surface area (Å²) in [6.07, 6.45) is 2.18. The van der Waals surface area contributed by atoms with Gasteiger partial charge in [0, 0.05) is 17.7 Å². The highest BCUT2D eigenvalue weighted by Crippen LogP contribution is 2.11. The van der Waals surface area contributed by atoms with E-state index in [9.17, 15) is 15.0 Å². The molecule has 3 nitrogen and oxygen atoms in total. The fraction of sp³-hybridized carbons (Fsp3) is 0.0833. The van der Waals surface area contributed by atoms with Crippen molar-refractivity contribution in [2.24, 2.45) is 0 Å². The van der Waals surface area contributed by atoms with Crippen molar-refractivity contribution in [1.82, 2.24) is 0 Å². The summed E-state index contributed by atoms with van der Waals surface area (Å²) in [5.74, 6) is -0.612. The Morgan fingerprint density at radius 1 is 1.13 bits per heavy atom. The van der Waals surface area contributed by atoms with Gasteiger partial charge in [-0.25, -0.2) is 0 Å². The molecule has 0 saturated carbocycles. The first-order chi connectivity index (χ1) is 7.09. The van der Waals surface area contributed by atoms with E-state index in [0.717, 1.165) is 12.2 Å². The topological polar surface area (TPSA) is 57.5 Å². The van der Waals surface area contributed by atoms with Crippen LogP contribution in [0.1, 0.15) is 12.5 Å². The number of carbonyl (C=O) groups is 1. The summed E-state index contributed by atoms with van der Waals surface area (Å²) in [6.45, 7) is 1.32. The fourth-order valence-electron chi connectivity index (χ4n) is 1.08. The molecular weight excluding hydrogens is 192 g/mol. The predicted molar refractivity (Wildman–Crippen MR) is 58.4 cm³/mol. The third-order valence-corrected chi connectivity index (χ3v) is 1.71. The smallest absolute Gasteiger partial charge is 0.156 e. The Morgan fingerprint density at radius 3 is 2.27 bits per heavy atom. The van der Waals surface area contributed by atoms with Crippen molar-refractivity contribution in [3.05, 3.63) is 53.8 Å². The molecule has 3 heteroatoms. The molecular formula is C12H12O3. The zero-order chi connectivity index (χ0) is 11.3. The van der Waals surface area contributed by atoms with Gasteiger partial charge in [-0.3, -0.25) is 4.79 Å². The van der Waals surface area contributed by atoms with Gasteiger partial charge in [-0.1, -0.05) is 30.3 Å². The number of aliphatic hydroxyl groups is 2. The van der Waals surface area contributed by atoms with Crippen molar-refractivity contribution in [2.75, 3.05) is 0 Å². The van der Waals surface area contributed by atoms with Gasteiger partial charge < -0.3 is 10.2 Å². The van der Waals surface area contributed by atoms with E-state index in [-0.39, 0.29) is 17.3 Å². The Hall–Kier alpha value is -2.03. The summed E-state index contributed by atoms with van der Waals surface area (Å²) in [7, 11) is 0. The summed E-state index contributed by atoms with van der Waals surface area (Å²) < 4.78 is 0. The van der Waals surface area contributed by atoms with E-state index < -0.39 is 0 Å². The summed E-state index contributed by atoms with van der Waals surface area (Å²) in [6, 6.07) is 8.76. The summed E-state index contributed by atoms with van der Waals surface area (Å²) in [5.41, 5.74) is 0.584. The molecule has 78 valence electrons. The van der Waals surface area contributed by atoms with Gasteiger partial charge in [0.15, 0.2) is 5.78 Å². The van der Waals surface area contributed by atoms with Gasteiger partial charge in [-0.15, -0.1) is 0 Å². The number of carbonyl (C=O) groups excluding carboxylic acids is 1. The van der Waals surface area contributed by atoms with Crippen molar-refractivity contribution >= 4 is 11.5 Å². The average Bonchev–Trinajstić information content (AvgIpc) is 2.17. The van der Waals surface area contributed by atoms with Gasteiger partial charge >= 0.3 is 0 Å². The molecule has 0 bridgehead atoms. The van der Waals surface area contributed by atoms with Crippen LogP contribution in [-0.2, 0) is 4.79 Å². The summed E-state index contributed by atoms with van der Waals surface area (Å²) in [4.78, 5) is 10.6. The lowest BCUT2D eigenvalue weighted by molar-refractivity contribution is -0.112. The highest BCUT2D eigenvalue weighted by molar-refractivity contribution is 5.88. The van der Waals surface area contributed by atoms with Crippen LogP contribution >= 0.6 is 0 Å². The maximum atomic E-state index is 10.6. The number of aliphatic hydroxyl groups excluding tert-OH is 2. The molecule has 0 aliphatic carbocycles. The molecule has 1 aromatic carbocycles. The first-order valence-electron chi connectivity index (χ1n) is 4.47. The number of allylic oxidation sites excluding steroid dienone is 2. The minimum absolute atomic E-state index is 0.0781. The standard InChI is InChI=1S/C12H12O3/c1-9(13)7-11(14)8-12(15)10-5-3-2-4-6-10/h2-8,14-15H,1H3/b11-7?,12-8-. The highest BCUT2D eigenvalue weighted by atomic mass is 16.3. The van der Waals surface area contributed by atoms with Crippen LogP contribution < -0.4 is 0 Å². The van der Waals surface area contributed by atoms with Gasteiger partial charge in [0.05, 0.1) is 0 Å². The van der Waals surface area contributed by atoms with E-state index in [1.54, 1.807) is 24.3 Å². The Bertz CT molecular complexity index is 402. The predicted octanol–water partition coefficient (Wildman–Crippen LogP) is 2.62. The molecule has 0 heterocycles. The monoisotopic (exact) mass is 204 g/mol. The Balaban J connectivity index is 2.90. The van der Waals surface area contributed by atoms with Gasteiger partial charge in [-0.05, 0) is 6.92 Å². The Morgan fingerprint density at radius 2 is 1.73 bits per heavy atom. The normalized spacial score (nSPS) is 12.6. The van der Waals surface area contributed by atoms with Crippen LogP contribution in [0.4, 0.5) is 0 Å². The lowest BCUT2D eigenvalue weighted by Crippen LogP contribution is -1.88. The molecule has 1 rings (SSSR count). The molecule has 0 unspecified atom stereocenters. The minimum atomic E-state index is -0.274. The van der Waals surface area contributed by atoms with Crippen molar-refractivity contribution < 1.29 is 15.0 Å². The zero-order valence-electron chi connectivity index (χ0n) is 8.34. The quantitative estimate of drug-likeness (QED) is 0.452. The van der Waals surface area contributed by atoms with Crippen molar-refractivity contribution in [3.8, 4) is 0 Å². The first-order valence-corrected chi connectivity index (χ1v) is 4.47. The van der Waals surface area contributed by atoms with Crippen LogP contribution in [-0.4, -0.2) is 16.0 Å². The third kappa shape index (κ3) is 3.68. The number of rotatable bonds is 3. The number of benzene rings is 1. The van der Waals surface area contributed by atoms with E-state index in [1.165, 1.54) is 6.92 Å². The van der Waals surface area contributed by atoms with Crippen molar-refractivity contribution in [3.63, 3.8) is 0 Å². The van der Waals surface area contributed by atoms with Gasteiger partial charge in [-0.2, -0.15) is 0 Å². The fourth-order valence-corrected chi connectivity index (χ4v) is 1.08. The molecule has 0 fully saturated rings. The molecule has 0 atom stereocenters. The number of ketones is 1. The second-order valence-electron chi connectivity index (χ2n) is 3.08. The van der Waals surface area contributed by atoms with E-state index in [4.69, 9.17) is 0 Å². The van der Waals surface area contributed by atoms with Gasteiger partial charge in [0.1, 0.15) is 11.5 Å². The van der Waals surface area contributed by atoms with Crippen molar-refractivity contribution in [1.29, 1.82) is 0 Å². The molecule has 0 amide bonds.